The zero-order valence-corrected chi connectivity index (χ0v) is 13.0. The number of halogens is 2. The summed E-state index contributed by atoms with van der Waals surface area (Å²) in [6, 6.07) is 4.58. The molecule has 0 aliphatic rings. The van der Waals surface area contributed by atoms with Crippen LogP contribution in [0.5, 0.6) is 0 Å². The molecule has 1 heterocycles. The number of benzene rings is 1. The molecular formula is C13H10BrFN2O2S. The molecule has 0 radical (unpaired) electrons. The van der Waals surface area contributed by atoms with E-state index in [-0.39, 0.29) is 14.9 Å². The second kappa shape index (κ2) is 5.88. The maximum absolute atomic E-state index is 14.1. The fourth-order valence-corrected chi connectivity index (χ4v) is 3.16. The molecule has 1 aromatic carbocycles. The molecule has 4 nitrogen and oxygen atoms in total. The van der Waals surface area contributed by atoms with Crippen LogP contribution in [0.4, 0.5) is 4.39 Å². The highest BCUT2D eigenvalue weighted by Gasteiger charge is 2.17. The first-order valence-electron chi connectivity index (χ1n) is 5.60. The highest BCUT2D eigenvalue weighted by molar-refractivity contribution is 9.10. The summed E-state index contributed by atoms with van der Waals surface area (Å²) in [6.07, 6.45) is 0. The van der Waals surface area contributed by atoms with Gasteiger partial charge in [0.15, 0.2) is 11.0 Å². The van der Waals surface area contributed by atoms with Gasteiger partial charge in [0.25, 0.3) is 0 Å². The van der Waals surface area contributed by atoms with Gasteiger partial charge < -0.3 is 5.11 Å². The van der Waals surface area contributed by atoms with Gasteiger partial charge in [0.2, 0.25) is 0 Å². The highest BCUT2D eigenvalue weighted by atomic mass is 79.9. The van der Waals surface area contributed by atoms with Crippen molar-refractivity contribution in [2.75, 3.05) is 0 Å². The van der Waals surface area contributed by atoms with Gasteiger partial charge in [0.05, 0.1) is 14.9 Å². The average Bonchev–Trinajstić information content (AvgIpc) is 2.33. The Morgan fingerprint density at radius 1 is 1.30 bits per heavy atom. The lowest BCUT2D eigenvalue weighted by atomic mass is 10.2. The molecule has 1 aromatic heterocycles. The number of hydrogen-bond acceptors (Lipinski definition) is 4. The molecule has 1 N–H and O–H groups in total. The molecule has 2 aromatic rings. The molecule has 0 unspecified atom stereocenters. The largest absolute Gasteiger partial charge is 0.478 e. The quantitative estimate of drug-likeness (QED) is 0.846. The van der Waals surface area contributed by atoms with Crippen molar-refractivity contribution in [3.63, 3.8) is 0 Å². The molecule has 0 bridgehead atoms. The molecule has 0 saturated carbocycles. The first kappa shape index (κ1) is 14.9. The second-order valence-corrected chi connectivity index (χ2v) is 5.88. The lowest BCUT2D eigenvalue weighted by Crippen LogP contribution is -2.00. The zero-order valence-electron chi connectivity index (χ0n) is 10.6. The van der Waals surface area contributed by atoms with Crippen molar-refractivity contribution < 1.29 is 14.3 Å². The second-order valence-electron chi connectivity index (χ2n) is 4.08. The summed E-state index contributed by atoms with van der Waals surface area (Å²) in [5.74, 6) is -1.81. The van der Waals surface area contributed by atoms with E-state index in [4.69, 9.17) is 5.11 Å². The Hall–Kier alpha value is -1.47. The van der Waals surface area contributed by atoms with Crippen LogP contribution < -0.4 is 0 Å². The van der Waals surface area contributed by atoms with Crippen LogP contribution in [0, 0.1) is 19.7 Å². The molecule has 0 amide bonds. The van der Waals surface area contributed by atoms with Gasteiger partial charge in [0, 0.05) is 11.4 Å². The third-order valence-electron chi connectivity index (χ3n) is 2.44. The van der Waals surface area contributed by atoms with Crippen LogP contribution in [-0.2, 0) is 0 Å². The fraction of sp³-hybridized carbons (Fsp3) is 0.154. The van der Waals surface area contributed by atoms with Gasteiger partial charge >= 0.3 is 5.97 Å². The molecule has 0 aliphatic carbocycles. The highest BCUT2D eigenvalue weighted by Crippen LogP contribution is 2.33. The van der Waals surface area contributed by atoms with Crippen molar-refractivity contribution in [2.45, 2.75) is 23.9 Å². The Morgan fingerprint density at radius 3 is 2.45 bits per heavy atom. The van der Waals surface area contributed by atoms with Gasteiger partial charge in [-0.05, 0) is 59.7 Å². The molecule has 0 atom stereocenters. The van der Waals surface area contributed by atoms with E-state index in [1.807, 2.05) is 19.9 Å². The third-order valence-corrected chi connectivity index (χ3v) is 4.12. The molecule has 0 saturated heterocycles. The van der Waals surface area contributed by atoms with Crippen LogP contribution in [-0.4, -0.2) is 21.0 Å². The van der Waals surface area contributed by atoms with E-state index in [0.717, 1.165) is 23.1 Å². The minimum absolute atomic E-state index is 0.0700. The minimum atomic E-state index is -1.19. The normalized spacial score (nSPS) is 10.6. The van der Waals surface area contributed by atoms with Gasteiger partial charge in [-0.1, -0.05) is 0 Å². The van der Waals surface area contributed by atoms with Gasteiger partial charge in [-0.2, -0.15) is 0 Å². The van der Waals surface area contributed by atoms with Crippen LogP contribution in [0.1, 0.15) is 21.7 Å². The molecular weight excluding hydrogens is 347 g/mol. The number of aromatic nitrogens is 2. The van der Waals surface area contributed by atoms with Crippen molar-refractivity contribution in [1.82, 2.24) is 9.97 Å². The van der Waals surface area contributed by atoms with Crippen molar-refractivity contribution in [3.05, 3.63) is 45.4 Å². The summed E-state index contributed by atoms with van der Waals surface area (Å²) in [5, 5.41) is 9.34. The number of aryl methyl sites for hydroxylation is 2. The first-order valence-corrected chi connectivity index (χ1v) is 7.21. The predicted molar refractivity (Wildman–Crippen MR) is 76.7 cm³/mol. The Morgan fingerprint density at radius 2 is 1.90 bits per heavy atom. The number of carboxylic acids is 1. The number of nitrogens with zero attached hydrogens (tertiary/aromatic N) is 2. The van der Waals surface area contributed by atoms with E-state index in [2.05, 4.69) is 25.9 Å². The summed E-state index contributed by atoms with van der Waals surface area (Å²) in [4.78, 5) is 19.6. The van der Waals surface area contributed by atoms with Crippen LogP contribution >= 0.6 is 27.7 Å². The molecule has 0 spiro atoms. The van der Waals surface area contributed by atoms with Crippen LogP contribution in [0.15, 0.2) is 32.7 Å². The molecule has 20 heavy (non-hydrogen) atoms. The molecule has 7 heteroatoms. The van der Waals surface area contributed by atoms with Crippen molar-refractivity contribution in [1.29, 1.82) is 0 Å². The Labute approximate surface area is 127 Å². The third kappa shape index (κ3) is 3.16. The number of carbonyl (C=O) groups is 1. The van der Waals surface area contributed by atoms with Gasteiger partial charge in [-0.3, -0.25) is 0 Å². The lowest BCUT2D eigenvalue weighted by molar-refractivity contribution is 0.0695. The van der Waals surface area contributed by atoms with Crippen molar-refractivity contribution >= 4 is 33.7 Å². The topological polar surface area (TPSA) is 63.1 Å². The van der Waals surface area contributed by atoms with E-state index in [1.165, 1.54) is 12.1 Å². The number of rotatable bonds is 3. The summed E-state index contributed by atoms with van der Waals surface area (Å²) in [6.45, 7) is 3.66. The van der Waals surface area contributed by atoms with E-state index >= 15 is 0 Å². The maximum Gasteiger partial charge on any atom is 0.336 e. The number of hydrogen-bond donors (Lipinski definition) is 1. The van der Waals surface area contributed by atoms with Crippen LogP contribution in [0.25, 0.3) is 0 Å². The first-order chi connectivity index (χ1) is 9.38. The van der Waals surface area contributed by atoms with Gasteiger partial charge in [-0.15, -0.1) is 0 Å². The molecule has 0 aliphatic heterocycles. The molecule has 2 rings (SSSR count). The van der Waals surface area contributed by atoms with Gasteiger partial charge in [-0.25, -0.2) is 19.2 Å². The smallest absolute Gasteiger partial charge is 0.336 e. The lowest BCUT2D eigenvalue weighted by Gasteiger charge is -2.07. The Balaban J connectivity index is 2.39. The minimum Gasteiger partial charge on any atom is -0.478 e. The maximum atomic E-state index is 14.1. The standard InChI is InChI=1S/C13H10BrFN2O2S/c1-6-5-7(2)17-13(16-6)20-9-4-3-8(12(18)19)10(14)11(9)15/h3-5H,1-2H3,(H,18,19). The van der Waals surface area contributed by atoms with E-state index in [1.54, 1.807) is 0 Å². The van der Waals surface area contributed by atoms with Crippen molar-refractivity contribution in [2.24, 2.45) is 0 Å². The average molecular weight is 357 g/mol. The number of carboxylic acid groups (broad SMARTS) is 1. The molecule has 0 fully saturated rings. The zero-order chi connectivity index (χ0) is 14.9. The summed E-state index contributed by atoms with van der Waals surface area (Å²) < 4.78 is 14.1. The predicted octanol–water partition coefficient (Wildman–Crippen LogP) is 3.84. The summed E-state index contributed by atoms with van der Waals surface area (Å²) >= 11 is 4.02. The Bertz CT molecular complexity index is 674. The van der Waals surface area contributed by atoms with Crippen molar-refractivity contribution in [3.8, 4) is 0 Å². The Kier molecular flexibility index (Phi) is 4.39. The number of aromatic carboxylic acids is 1. The van der Waals surface area contributed by atoms with Crippen LogP contribution in [0.3, 0.4) is 0 Å². The summed E-state index contributed by atoms with van der Waals surface area (Å²) in [7, 11) is 0. The van der Waals surface area contributed by atoms with E-state index < -0.39 is 11.8 Å². The van der Waals surface area contributed by atoms with E-state index in [9.17, 15) is 9.18 Å². The van der Waals surface area contributed by atoms with E-state index in [0.29, 0.717) is 5.16 Å². The summed E-state index contributed by atoms with van der Waals surface area (Å²) in [5.41, 5.74) is 1.47. The fourth-order valence-electron chi connectivity index (χ4n) is 1.61. The molecule has 104 valence electrons. The van der Waals surface area contributed by atoms with Gasteiger partial charge in [0.1, 0.15) is 0 Å². The SMILES string of the molecule is Cc1cc(C)nc(Sc2ccc(C(=O)O)c(Br)c2F)n1. The monoisotopic (exact) mass is 356 g/mol. The van der Waals surface area contributed by atoms with Crippen LogP contribution in [0.2, 0.25) is 0 Å².